The third kappa shape index (κ3) is 9.39. The van der Waals surface area contributed by atoms with Crippen molar-refractivity contribution in [1.82, 2.24) is 19.6 Å². The number of hydrazine groups is 1. The molecule has 13 heteroatoms. The van der Waals surface area contributed by atoms with Gasteiger partial charge in [0.1, 0.15) is 0 Å². The molecule has 0 radical (unpaired) electrons. The van der Waals surface area contributed by atoms with Crippen LogP contribution in [0.1, 0.15) is 39.2 Å². The van der Waals surface area contributed by atoms with Gasteiger partial charge in [-0.3, -0.25) is 15.0 Å². The second kappa shape index (κ2) is 15.2. The molecular formula is C30H41N5O7S. The summed E-state index contributed by atoms with van der Waals surface area (Å²) in [5.74, 6) is -0.432. The Morgan fingerprint density at radius 3 is 2.37 bits per heavy atom. The summed E-state index contributed by atoms with van der Waals surface area (Å²) >= 11 is 0. The van der Waals surface area contributed by atoms with Gasteiger partial charge in [-0.25, -0.2) is 13.4 Å². The summed E-state index contributed by atoms with van der Waals surface area (Å²) in [6.07, 6.45) is -2.15. The number of fused-ring (bicyclic) bond motifs is 1. The van der Waals surface area contributed by atoms with Crippen LogP contribution in [0, 0.1) is 17.2 Å². The van der Waals surface area contributed by atoms with E-state index < -0.39 is 40.3 Å². The fraction of sp³-hybridized carbons (Fsp3) is 0.500. The van der Waals surface area contributed by atoms with Crippen molar-refractivity contribution >= 4 is 21.8 Å². The second-order valence-corrected chi connectivity index (χ2v) is 13.1. The van der Waals surface area contributed by atoms with E-state index in [9.17, 15) is 23.1 Å². The fourth-order valence-electron chi connectivity index (χ4n) is 4.70. The highest BCUT2D eigenvalue weighted by atomic mass is 32.2. The van der Waals surface area contributed by atoms with Gasteiger partial charge in [0, 0.05) is 38.9 Å². The lowest BCUT2D eigenvalue weighted by Gasteiger charge is -2.37. The summed E-state index contributed by atoms with van der Waals surface area (Å²) in [5, 5.41) is 21.9. The molecule has 0 aliphatic carbocycles. The molecule has 234 valence electrons. The largest absolute Gasteiger partial charge is 0.451 e. The lowest BCUT2D eigenvalue weighted by Crippen LogP contribution is -2.60. The number of carbonyl (C=O) groups excluding carboxylic acids is 2. The smallest absolute Gasteiger partial charge is 0.252 e. The highest BCUT2D eigenvalue weighted by Gasteiger charge is 2.36. The Bertz CT molecular complexity index is 1400. The van der Waals surface area contributed by atoms with Crippen LogP contribution in [0.5, 0.6) is 11.5 Å². The van der Waals surface area contributed by atoms with Crippen LogP contribution < -0.4 is 14.9 Å². The number of rotatable bonds is 14. The van der Waals surface area contributed by atoms with Crippen LogP contribution in [0.3, 0.4) is 0 Å². The molecular weight excluding hydrogens is 574 g/mol. The number of sulfonamides is 1. The molecule has 1 heterocycles. The van der Waals surface area contributed by atoms with Gasteiger partial charge in [0.15, 0.2) is 11.5 Å². The van der Waals surface area contributed by atoms with Crippen LogP contribution in [-0.2, 0) is 26.0 Å². The van der Waals surface area contributed by atoms with E-state index in [1.165, 1.54) is 22.5 Å². The standard InChI is InChI=1S/C30H41N5O7S/c1-21(2)18-34(43(39,40)24-13-14-27-28(17-24)42-22(3)41-27)19-26(36)25(16-23-10-7-6-8-11-23)35(30(38)12-9-15-31)32-29(37)20-33(4)5/h6-8,10-11,13-14,17,21-22,25-26,36H,9,12,16,18-20H2,1-5H3,(H,32,37)/t22?,25?,26-/m1/s1. The van der Waals surface area contributed by atoms with Gasteiger partial charge in [0.05, 0.1) is 29.7 Å². The van der Waals surface area contributed by atoms with Crippen molar-refractivity contribution in [2.45, 2.75) is 63.4 Å². The maximum atomic E-state index is 13.9. The number of amides is 2. The topological polar surface area (TPSA) is 153 Å². The van der Waals surface area contributed by atoms with Gasteiger partial charge < -0.3 is 19.5 Å². The third-order valence-corrected chi connectivity index (χ3v) is 8.41. The first-order valence-corrected chi connectivity index (χ1v) is 15.6. The van der Waals surface area contributed by atoms with Gasteiger partial charge >= 0.3 is 0 Å². The molecule has 12 nitrogen and oxygen atoms in total. The van der Waals surface area contributed by atoms with E-state index in [0.29, 0.717) is 11.5 Å². The molecule has 3 rings (SSSR count). The first kappa shape index (κ1) is 33.8. The van der Waals surface area contributed by atoms with Crippen LogP contribution in [0.15, 0.2) is 53.4 Å². The third-order valence-electron chi connectivity index (χ3n) is 6.59. The predicted octanol–water partition coefficient (Wildman–Crippen LogP) is 2.15. The minimum atomic E-state index is -4.14. The van der Waals surface area contributed by atoms with Crippen LogP contribution >= 0.6 is 0 Å². The molecule has 2 N–H and O–H groups in total. The van der Waals surface area contributed by atoms with Crippen molar-refractivity contribution in [2.75, 3.05) is 33.7 Å². The van der Waals surface area contributed by atoms with Crippen molar-refractivity contribution in [1.29, 1.82) is 5.26 Å². The number of carbonyl (C=O) groups is 2. The summed E-state index contributed by atoms with van der Waals surface area (Å²) < 4.78 is 40.2. The van der Waals surface area contributed by atoms with Crippen LogP contribution in [0.25, 0.3) is 0 Å². The highest BCUT2D eigenvalue weighted by Crippen LogP contribution is 2.37. The van der Waals surface area contributed by atoms with Crippen LogP contribution in [-0.4, -0.2) is 91.7 Å². The zero-order valence-corrected chi connectivity index (χ0v) is 26.1. The summed E-state index contributed by atoms with van der Waals surface area (Å²) in [6.45, 7) is 5.09. The summed E-state index contributed by atoms with van der Waals surface area (Å²) in [6, 6.07) is 14.3. The normalized spacial score (nSPS) is 15.8. The summed E-state index contributed by atoms with van der Waals surface area (Å²) in [5.41, 5.74) is 3.37. The lowest BCUT2D eigenvalue weighted by atomic mass is 9.99. The van der Waals surface area contributed by atoms with E-state index in [1.807, 2.05) is 38.1 Å². The van der Waals surface area contributed by atoms with Gasteiger partial charge in [-0.15, -0.1) is 0 Å². The molecule has 1 aliphatic rings. The quantitative estimate of drug-likeness (QED) is 0.305. The zero-order valence-electron chi connectivity index (χ0n) is 25.3. The van der Waals surface area contributed by atoms with Gasteiger partial charge in [0.2, 0.25) is 22.2 Å². The Kier molecular flexibility index (Phi) is 11.9. The summed E-state index contributed by atoms with van der Waals surface area (Å²) in [4.78, 5) is 27.8. The molecule has 43 heavy (non-hydrogen) atoms. The van der Waals surface area contributed by atoms with Gasteiger partial charge in [-0.05, 0) is 44.1 Å². The molecule has 1 aliphatic heterocycles. The van der Waals surface area contributed by atoms with Crippen LogP contribution in [0.2, 0.25) is 0 Å². The monoisotopic (exact) mass is 615 g/mol. The number of benzene rings is 2. The minimum Gasteiger partial charge on any atom is -0.451 e. The predicted molar refractivity (Wildman–Crippen MR) is 159 cm³/mol. The number of aliphatic hydroxyl groups excluding tert-OH is 1. The maximum absolute atomic E-state index is 13.9. The van der Waals surface area contributed by atoms with Crippen molar-refractivity contribution < 1.29 is 32.6 Å². The minimum absolute atomic E-state index is 0.0300. The van der Waals surface area contributed by atoms with Gasteiger partial charge in [-0.1, -0.05) is 44.2 Å². The molecule has 0 fully saturated rings. The number of nitrogens with zero attached hydrogens (tertiary/aromatic N) is 4. The van der Waals surface area contributed by atoms with Gasteiger partial charge in [0.25, 0.3) is 5.91 Å². The first-order chi connectivity index (χ1) is 20.3. The fourth-order valence-corrected chi connectivity index (χ4v) is 6.34. The van der Waals surface area contributed by atoms with E-state index in [2.05, 4.69) is 5.43 Å². The average molecular weight is 616 g/mol. The van der Waals surface area contributed by atoms with Crippen molar-refractivity contribution in [3.8, 4) is 17.6 Å². The number of hydrogen-bond donors (Lipinski definition) is 2. The molecule has 0 saturated heterocycles. The Morgan fingerprint density at radius 1 is 1.07 bits per heavy atom. The van der Waals surface area contributed by atoms with E-state index in [-0.39, 0.29) is 49.7 Å². The summed E-state index contributed by atoms with van der Waals surface area (Å²) in [7, 11) is -0.743. The van der Waals surface area contributed by atoms with Crippen molar-refractivity contribution in [3.05, 3.63) is 54.1 Å². The van der Waals surface area contributed by atoms with E-state index in [4.69, 9.17) is 14.7 Å². The van der Waals surface area contributed by atoms with E-state index in [0.717, 1.165) is 10.6 Å². The lowest BCUT2D eigenvalue weighted by molar-refractivity contribution is -0.148. The number of ether oxygens (including phenoxy) is 2. The molecule has 3 atom stereocenters. The molecule has 2 amide bonds. The van der Waals surface area contributed by atoms with E-state index >= 15 is 0 Å². The Hall–Kier alpha value is -3.70. The highest BCUT2D eigenvalue weighted by molar-refractivity contribution is 7.89. The molecule has 0 saturated carbocycles. The molecule has 2 aromatic rings. The SMILES string of the molecule is CC(C)CN(C[C@@H](O)C(Cc1ccccc1)N(NC(=O)CN(C)C)C(=O)CCC#N)S(=O)(=O)c1ccc2c(c1)OC(C)O2. The van der Waals surface area contributed by atoms with Crippen molar-refractivity contribution in [3.63, 3.8) is 0 Å². The number of hydrogen-bond acceptors (Lipinski definition) is 9. The number of nitrogens with one attached hydrogen (secondary N) is 1. The Balaban J connectivity index is 1.99. The molecule has 2 unspecified atom stereocenters. The number of aliphatic hydroxyl groups is 1. The molecule has 0 aromatic heterocycles. The van der Waals surface area contributed by atoms with E-state index in [1.54, 1.807) is 38.1 Å². The molecule has 2 aromatic carbocycles. The van der Waals surface area contributed by atoms with Crippen molar-refractivity contribution in [2.24, 2.45) is 5.92 Å². The molecule has 0 spiro atoms. The Morgan fingerprint density at radius 2 is 1.74 bits per heavy atom. The zero-order chi connectivity index (χ0) is 31.7. The first-order valence-electron chi connectivity index (χ1n) is 14.1. The molecule has 0 bridgehead atoms. The number of likely N-dealkylation sites (N-methyl/N-ethyl adjacent to an activating group) is 1. The van der Waals surface area contributed by atoms with Gasteiger partial charge in [-0.2, -0.15) is 9.57 Å². The van der Waals surface area contributed by atoms with Crippen LogP contribution in [0.4, 0.5) is 0 Å². The second-order valence-electron chi connectivity index (χ2n) is 11.1. The number of nitriles is 1. The Labute approximate surface area is 253 Å². The maximum Gasteiger partial charge on any atom is 0.252 e. The average Bonchev–Trinajstić information content (AvgIpc) is 3.32.